The van der Waals surface area contributed by atoms with Crippen molar-refractivity contribution in [3.63, 3.8) is 0 Å². The second-order valence-electron chi connectivity index (χ2n) is 7.59. The molecule has 2 unspecified atom stereocenters. The highest BCUT2D eigenvalue weighted by Crippen LogP contribution is 2.42. The molecule has 1 aliphatic heterocycles. The highest BCUT2D eigenvalue weighted by Gasteiger charge is 2.42. The molecular weight excluding hydrogens is 340 g/mol. The van der Waals surface area contributed by atoms with Crippen LogP contribution in [0.1, 0.15) is 39.2 Å². The molecule has 138 valence electrons. The minimum atomic E-state index is -0.901. The Morgan fingerprint density at radius 3 is 2.52 bits per heavy atom. The first-order valence-corrected chi connectivity index (χ1v) is 8.80. The number of hydrogen-bond acceptors (Lipinski definition) is 5. The molecule has 2 aromatic carbocycles. The van der Waals surface area contributed by atoms with Crippen molar-refractivity contribution in [3.05, 3.63) is 59.4 Å². The first kappa shape index (κ1) is 18.7. The zero-order valence-corrected chi connectivity index (χ0v) is 15.9. The molecule has 0 saturated carbocycles. The number of rotatable bonds is 2. The first-order chi connectivity index (χ1) is 12.7. The van der Waals surface area contributed by atoms with Gasteiger partial charge in [0.15, 0.2) is 0 Å². The van der Waals surface area contributed by atoms with E-state index in [-0.39, 0.29) is 5.90 Å². The number of allylic oxidation sites excluding steroid dienone is 1. The molecule has 0 amide bonds. The fraction of sp³-hybridized carbons (Fsp3) is 0.318. The Morgan fingerprint density at radius 1 is 1.19 bits per heavy atom. The third-order valence-corrected chi connectivity index (χ3v) is 4.49. The molecule has 1 aliphatic rings. The quantitative estimate of drug-likeness (QED) is 0.786. The molecule has 0 saturated heterocycles. The minimum absolute atomic E-state index is 0.153. The van der Waals surface area contributed by atoms with Gasteiger partial charge in [0.25, 0.3) is 0 Å². The van der Waals surface area contributed by atoms with Gasteiger partial charge in [0.05, 0.1) is 11.6 Å². The average molecular weight is 362 g/mol. The van der Waals surface area contributed by atoms with Gasteiger partial charge in [0.2, 0.25) is 5.90 Å². The van der Waals surface area contributed by atoms with Crippen LogP contribution < -0.4 is 0 Å². The SMILES string of the molecule is CC1=C(C(=O)OC(C)(C)C)C(c2cccc3ccccc23)C(C#N)C(=N)O1. The van der Waals surface area contributed by atoms with Gasteiger partial charge in [0.1, 0.15) is 17.3 Å². The number of hydrogen-bond donors (Lipinski definition) is 1. The molecule has 2 aromatic rings. The van der Waals surface area contributed by atoms with Gasteiger partial charge < -0.3 is 9.47 Å². The van der Waals surface area contributed by atoms with E-state index in [0.717, 1.165) is 16.3 Å². The third kappa shape index (κ3) is 3.56. The summed E-state index contributed by atoms with van der Waals surface area (Å²) in [5.41, 5.74) is 0.428. The van der Waals surface area contributed by atoms with Crippen molar-refractivity contribution in [1.82, 2.24) is 0 Å². The summed E-state index contributed by atoms with van der Waals surface area (Å²) in [6.45, 7) is 7.02. The molecule has 1 heterocycles. The first-order valence-electron chi connectivity index (χ1n) is 8.80. The van der Waals surface area contributed by atoms with E-state index < -0.39 is 23.4 Å². The van der Waals surface area contributed by atoms with E-state index in [1.165, 1.54) is 0 Å². The van der Waals surface area contributed by atoms with Crippen LogP contribution in [0.15, 0.2) is 53.8 Å². The van der Waals surface area contributed by atoms with Gasteiger partial charge >= 0.3 is 5.97 Å². The Kier molecular flexibility index (Phi) is 4.75. The summed E-state index contributed by atoms with van der Waals surface area (Å²) >= 11 is 0. The standard InChI is InChI=1S/C22H22N2O3/c1-13-18(21(25)27-22(2,3)4)19(17(12-23)20(24)26-13)16-11-7-9-14-8-5-6-10-15(14)16/h5-11,17,19,24H,1-4H3. The molecule has 0 spiro atoms. The Labute approximate surface area is 158 Å². The van der Waals surface area contributed by atoms with Gasteiger partial charge in [-0.05, 0) is 44.0 Å². The van der Waals surface area contributed by atoms with Crippen molar-refractivity contribution in [2.45, 2.75) is 39.2 Å². The summed E-state index contributed by atoms with van der Waals surface area (Å²) in [5, 5.41) is 19.8. The van der Waals surface area contributed by atoms with E-state index in [1.807, 2.05) is 42.5 Å². The molecule has 0 aromatic heterocycles. The molecule has 1 N–H and O–H groups in total. The topological polar surface area (TPSA) is 83.2 Å². The van der Waals surface area contributed by atoms with Crippen LogP contribution in [0, 0.1) is 22.7 Å². The molecule has 5 nitrogen and oxygen atoms in total. The van der Waals surface area contributed by atoms with Crippen LogP contribution in [-0.4, -0.2) is 17.5 Å². The largest absolute Gasteiger partial charge is 0.456 e. The molecule has 0 radical (unpaired) electrons. The van der Waals surface area contributed by atoms with E-state index in [9.17, 15) is 10.1 Å². The van der Waals surface area contributed by atoms with E-state index in [0.29, 0.717) is 11.3 Å². The lowest BCUT2D eigenvalue weighted by Crippen LogP contribution is -2.35. The lowest BCUT2D eigenvalue weighted by Gasteiger charge is -2.32. The van der Waals surface area contributed by atoms with Crippen LogP contribution in [0.5, 0.6) is 0 Å². The number of esters is 1. The molecular formula is C22H22N2O3. The zero-order valence-electron chi connectivity index (χ0n) is 15.9. The maximum Gasteiger partial charge on any atom is 0.338 e. The molecule has 0 fully saturated rings. The van der Waals surface area contributed by atoms with Crippen molar-refractivity contribution in [3.8, 4) is 6.07 Å². The summed E-state index contributed by atoms with van der Waals surface area (Å²) in [5.74, 6) is -1.90. The van der Waals surface area contributed by atoms with Gasteiger partial charge in [-0.3, -0.25) is 5.41 Å². The van der Waals surface area contributed by atoms with Crippen LogP contribution in [0.2, 0.25) is 0 Å². The van der Waals surface area contributed by atoms with Crippen LogP contribution >= 0.6 is 0 Å². The highest BCUT2D eigenvalue weighted by molar-refractivity contribution is 5.98. The zero-order chi connectivity index (χ0) is 19.8. The number of nitrogens with zero attached hydrogens (tertiary/aromatic N) is 1. The molecule has 2 atom stereocenters. The van der Waals surface area contributed by atoms with Crippen LogP contribution in [-0.2, 0) is 14.3 Å². The predicted octanol–water partition coefficient (Wildman–Crippen LogP) is 4.69. The summed E-state index contributed by atoms with van der Waals surface area (Å²) in [7, 11) is 0. The highest BCUT2D eigenvalue weighted by atomic mass is 16.6. The van der Waals surface area contributed by atoms with Crippen molar-refractivity contribution in [2.24, 2.45) is 5.92 Å². The van der Waals surface area contributed by atoms with Crippen LogP contribution in [0.25, 0.3) is 10.8 Å². The number of carbonyl (C=O) groups excluding carboxylic acids is 1. The van der Waals surface area contributed by atoms with Gasteiger partial charge in [-0.25, -0.2) is 4.79 Å². The lowest BCUT2D eigenvalue weighted by molar-refractivity contribution is -0.150. The fourth-order valence-electron chi connectivity index (χ4n) is 3.41. The number of ether oxygens (including phenoxy) is 2. The van der Waals surface area contributed by atoms with Gasteiger partial charge in [-0.1, -0.05) is 42.5 Å². The second kappa shape index (κ2) is 6.88. The van der Waals surface area contributed by atoms with Crippen molar-refractivity contribution in [2.75, 3.05) is 0 Å². The number of nitrogens with one attached hydrogen (secondary N) is 1. The summed E-state index contributed by atoms with van der Waals surface area (Å²) < 4.78 is 11.0. The van der Waals surface area contributed by atoms with Gasteiger partial charge in [-0.15, -0.1) is 0 Å². The lowest BCUT2D eigenvalue weighted by atomic mass is 9.77. The second-order valence-corrected chi connectivity index (χ2v) is 7.59. The van der Waals surface area contributed by atoms with Crippen molar-refractivity contribution >= 4 is 22.6 Å². The van der Waals surface area contributed by atoms with Crippen molar-refractivity contribution < 1.29 is 14.3 Å². The summed E-state index contributed by atoms with van der Waals surface area (Å²) in [4.78, 5) is 13.0. The van der Waals surface area contributed by atoms with Crippen molar-refractivity contribution in [1.29, 1.82) is 10.7 Å². The smallest absolute Gasteiger partial charge is 0.338 e. The van der Waals surface area contributed by atoms with Gasteiger partial charge in [0, 0.05) is 5.92 Å². The number of carbonyl (C=O) groups is 1. The third-order valence-electron chi connectivity index (χ3n) is 4.49. The molecule has 0 bridgehead atoms. The maximum atomic E-state index is 13.0. The number of benzene rings is 2. The summed E-state index contributed by atoms with van der Waals surface area (Å²) in [6, 6.07) is 15.7. The summed E-state index contributed by atoms with van der Waals surface area (Å²) in [6.07, 6.45) is 0. The maximum absolute atomic E-state index is 13.0. The van der Waals surface area contributed by atoms with Crippen LogP contribution in [0.4, 0.5) is 0 Å². The number of nitriles is 1. The Bertz CT molecular complexity index is 987. The van der Waals surface area contributed by atoms with E-state index in [1.54, 1.807) is 27.7 Å². The van der Waals surface area contributed by atoms with E-state index in [4.69, 9.17) is 14.9 Å². The molecule has 0 aliphatic carbocycles. The Hall–Kier alpha value is -3.13. The Balaban J connectivity index is 2.23. The average Bonchev–Trinajstić information content (AvgIpc) is 2.59. The number of fused-ring (bicyclic) bond motifs is 1. The molecule has 27 heavy (non-hydrogen) atoms. The van der Waals surface area contributed by atoms with Gasteiger partial charge in [-0.2, -0.15) is 5.26 Å². The minimum Gasteiger partial charge on any atom is -0.456 e. The normalized spacial score (nSPS) is 20.2. The Morgan fingerprint density at radius 2 is 1.85 bits per heavy atom. The van der Waals surface area contributed by atoms with E-state index >= 15 is 0 Å². The molecule has 3 rings (SSSR count). The fourth-order valence-corrected chi connectivity index (χ4v) is 3.41. The monoisotopic (exact) mass is 362 g/mol. The predicted molar refractivity (Wildman–Crippen MR) is 103 cm³/mol. The van der Waals surface area contributed by atoms with E-state index in [2.05, 4.69) is 6.07 Å². The molecule has 5 heteroatoms. The van der Waals surface area contributed by atoms with Crippen LogP contribution in [0.3, 0.4) is 0 Å².